The highest BCUT2D eigenvalue weighted by atomic mass is 32.2. The smallest absolute Gasteiger partial charge is 0.287 e. The molecule has 4 aromatic rings. The van der Waals surface area contributed by atoms with E-state index in [1.54, 1.807) is 36.7 Å². The first-order valence-corrected chi connectivity index (χ1v) is 11.9. The summed E-state index contributed by atoms with van der Waals surface area (Å²) in [5.41, 5.74) is 1.22. The average Bonchev–Trinajstić information content (AvgIpc) is 3.22. The van der Waals surface area contributed by atoms with Crippen molar-refractivity contribution in [1.82, 2.24) is 10.3 Å². The van der Waals surface area contributed by atoms with Gasteiger partial charge in [-0.2, -0.15) is 0 Å². The van der Waals surface area contributed by atoms with Crippen LogP contribution in [0.25, 0.3) is 11.0 Å². The van der Waals surface area contributed by atoms with Crippen LogP contribution >= 0.6 is 11.8 Å². The number of carbonyl (C=O) groups is 1. The van der Waals surface area contributed by atoms with Crippen molar-refractivity contribution >= 4 is 38.5 Å². The highest BCUT2D eigenvalue weighted by molar-refractivity contribution is 7.98. The van der Waals surface area contributed by atoms with Crippen LogP contribution in [0.15, 0.2) is 86.1 Å². The van der Waals surface area contributed by atoms with Crippen molar-refractivity contribution in [2.75, 3.05) is 6.26 Å². The van der Waals surface area contributed by atoms with E-state index in [4.69, 9.17) is 4.42 Å². The van der Waals surface area contributed by atoms with E-state index in [-0.39, 0.29) is 22.1 Å². The third-order valence-corrected chi connectivity index (χ3v) is 7.21. The Labute approximate surface area is 182 Å². The average molecular weight is 457 g/mol. The predicted molar refractivity (Wildman–Crippen MR) is 115 cm³/mol. The summed E-state index contributed by atoms with van der Waals surface area (Å²) >= 11 is 1.21. The molecule has 0 saturated carbocycles. The molecule has 9 heteroatoms. The number of sulfone groups is 1. The van der Waals surface area contributed by atoms with Gasteiger partial charge in [0.25, 0.3) is 5.91 Å². The van der Waals surface area contributed by atoms with Crippen molar-refractivity contribution in [2.45, 2.75) is 21.2 Å². The number of halogens is 1. The maximum Gasteiger partial charge on any atom is 0.287 e. The molecule has 0 saturated heterocycles. The van der Waals surface area contributed by atoms with E-state index in [1.165, 1.54) is 42.2 Å². The summed E-state index contributed by atoms with van der Waals surface area (Å²) in [7, 11) is -3.85. The van der Waals surface area contributed by atoms with Crippen LogP contribution in [0.4, 0.5) is 4.39 Å². The van der Waals surface area contributed by atoms with E-state index in [1.807, 2.05) is 0 Å². The molecule has 31 heavy (non-hydrogen) atoms. The number of carbonyl (C=O) groups excluding carboxylic acids is 1. The summed E-state index contributed by atoms with van der Waals surface area (Å²) in [6.45, 7) is 0.186. The summed E-state index contributed by atoms with van der Waals surface area (Å²) in [4.78, 5) is 16.6. The van der Waals surface area contributed by atoms with Crippen LogP contribution in [0.1, 0.15) is 16.1 Å². The second-order valence-corrected chi connectivity index (χ2v) is 9.45. The number of fused-ring (bicyclic) bond motifs is 1. The molecule has 158 valence electrons. The fourth-order valence-electron chi connectivity index (χ4n) is 3.00. The van der Waals surface area contributed by atoms with E-state index in [2.05, 4.69) is 10.3 Å². The minimum atomic E-state index is -3.85. The second-order valence-electron chi connectivity index (χ2n) is 6.65. The topological polar surface area (TPSA) is 89.3 Å². The van der Waals surface area contributed by atoms with Gasteiger partial charge in [0.15, 0.2) is 11.3 Å². The molecule has 2 aromatic heterocycles. The normalized spacial score (nSPS) is 11.5. The molecular formula is C22H17FN2O4S2. The van der Waals surface area contributed by atoms with Crippen molar-refractivity contribution in [3.63, 3.8) is 0 Å². The molecule has 0 fully saturated rings. The van der Waals surface area contributed by atoms with Gasteiger partial charge in [0.05, 0.1) is 16.0 Å². The Bertz CT molecular complexity index is 1330. The zero-order valence-corrected chi connectivity index (χ0v) is 18.0. The third-order valence-electron chi connectivity index (χ3n) is 4.67. The summed E-state index contributed by atoms with van der Waals surface area (Å²) < 4.78 is 45.0. The highest BCUT2D eigenvalue weighted by Crippen LogP contribution is 2.26. The van der Waals surface area contributed by atoms with Gasteiger partial charge < -0.3 is 9.73 Å². The van der Waals surface area contributed by atoms with Crippen LogP contribution in [0.5, 0.6) is 0 Å². The predicted octanol–water partition coefficient (Wildman–Crippen LogP) is 4.45. The molecule has 2 aromatic carbocycles. The van der Waals surface area contributed by atoms with Crippen LogP contribution < -0.4 is 5.32 Å². The Morgan fingerprint density at radius 1 is 1.10 bits per heavy atom. The van der Waals surface area contributed by atoms with Crippen molar-refractivity contribution in [1.29, 1.82) is 0 Å². The maximum absolute atomic E-state index is 14.0. The number of amides is 1. The fourth-order valence-corrected chi connectivity index (χ4v) is 4.73. The van der Waals surface area contributed by atoms with Crippen molar-refractivity contribution < 1.29 is 22.0 Å². The lowest BCUT2D eigenvalue weighted by molar-refractivity contribution is 0.0925. The number of pyridine rings is 1. The Kier molecular flexibility index (Phi) is 5.79. The number of rotatable bonds is 6. The summed E-state index contributed by atoms with van der Waals surface area (Å²) in [5, 5.41) is 3.51. The van der Waals surface area contributed by atoms with Crippen molar-refractivity contribution in [3.8, 4) is 0 Å². The minimum Gasteiger partial charge on any atom is -0.449 e. The second kappa shape index (κ2) is 8.52. The fraction of sp³-hybridized carbons (Fsp3) is 0.0909. The molecule has 0 aliphatic carbocycles. The number of hydrogen-bond donors (Lipinski definition) is 1. The molecule has 2 heterocycles. The monoisotopic (exact) mass is 456 g/mol. The van der Waals surface area contributed by atoms with E-state index in [0.29, 0.717) is 16.0 Å². The number of nitrogens with zero attached hydrogens (tertiary/aromatic N) is 1. The van der Waals surface area contributed by atoms with Gasteiger partial charge in [-0.25, -0.2) is 12.8 Å². The number of thioether (sulfide) groups is 1. The summed E-state index contributed by atoms with van der Waals surface area (Å²) in [6, 6.07) is 13.3. The Morgan fingerprint density at radius 3 is 2.52 bits per heavy atom. The zero-order valence-electron chi connectivity index (χ0n) is 16.3. The summed E-state index contributed by atoms with van der Waals surface area (Å²) in [6.07, 6.45) is 4.86. The van der Waals surface area contributed by atoms with Crippen LogP contribution in [0.3, 0.4) is 0 Å². The van der Waals surface area contributed by atoms with Gasteiger partial charge >= 0.3 is 0 Å². The number of aromatic nitrogens is 1. The largest absolute Gasteiger partial charge is 0.449 e. The van der Waals surface area contributed by atoms with Crippen molar-refractivity contribution in [3.05, 3.63) is 84.1 Å². The molecule has 0 aliphatic heterocycles. The van der Waals surface area contributed by atoms with E-state index in [0.717, 1.165) is 11.5 Å². The van der Waals surface area contributed by atoms with Crippen LogP contribution in [0, 0.1) is 5.82 Å². The lowest BCUT2D eigenvalue weighted by Gasteiger charge is -2.08. The molecule has 6 nitrogen and oxygen atoms in total. The van der Waals surface area contributed by atoms with E-state index >= 15 is 0 Å². The van der Waals surface area contributed by atoms with Gasteiger partial charge in [0, 0.05) is 23.0 Å². The molecule has 0 bridgehead atoms. The molecule has 4 rings (SSSR count). The SMILES string of the molecule is CSc1ccc(S(=O)(=O)c2ccc(CNC(=O)c3cc4ccncc4o3)cc2)cc1F. The first kappa shape index (κ1) is 21.1. The molecule has 0 radical (unpaired) electrons. The lowest BCUT2D eigenvalue weighted by Crippen LogP contribution is -2.22. The van der Waals surface area contributed by atoms with Crippen molar-refractivity contribution in [2.24, 2.45) is 0 Å². The van der Waals surface area contributed by atoms with Gasteiger partial charge in [-0.05, 0) is 54.3 Å². The number of hydrogen-bond acceptors (Lipinski definition) is 6. The quantitative estimate of drug-likeness (QED) is 0.431. The van der Waals surface area contributed by atoms with Crippen LogP contribution in [-0.4, -0.2) is 25.6 Å². The Hall–Kier alpha value is -3.17. The van der Waals surface area contributed by atoms with Crippen LogP contribution in [-0.2, 0) is 16.4 Å². The van der Waals surface area contributed by atoms with Gasteiger partial charge in [-0.3, -0.25) is 9.78 Å². The van der Waals surface area contributed by atoms with E-state index in [9.17, 15) is 17.6 Å². The minimum absolute atomic E-state index is 0.0451. The first-order chi connectivity index (χ1) is 14.9. The molecular weight excluding hydrogens is 439 g/mol. The molecule has 0 aliphatic rings. The number of benzene rings is 2. The van der Waals surface area contributed by atoms with Crippen LogP contribution in [0.2, 0.25) is 0 Å². The molecule has 0 unspecified atom stereocenters. The first-order valence-electron chi connectivity index (χ1n) is 9.18. The van der Waals surface area contributed by atoms with Gasteiger partial charge in [-0.15, -0.1) is 11.8 Å². The molecule has 1 amide bonds. The molecule has 0 spiro atoms. The Morgan fingerprint density at radius 2 is 1.84 bits per heavy atom. The number of nitrogens with one attached hydrogen (secondary N) is 1. The van der Waals surface area contributed by atoms with Gasteiger partial charge in [0.1, 0.15) is 5.82 Å². The molecule has 1 N–H and O–H groups in total. The summed E-state index contributed by atoms with van der Waals surface area (Å²) in [5.74, 6) is -0.801. The molecule has 0 atom stereocenters. The standard InChI is InChI=1S/C22H17FN2O4S2/c1-30-21-7-6-17(11-18(21)23)31(27,28)16-4-2-14(3-5-16)12-25-22(26)19-10-15-8-9-24-13-20(15)29-19/h2-11,13H,12H2,1H3,(H,25,26). The Balaban J connectivity index is 1.46. The zero-order chi connectivity index (χ0) is 22.0. The van der Waals surface area contributed by atoms with E-state index < -0.39 is 21.6 Å². The van der Waals surface area contributed by atoms with Gasteiger partial charge in [0.2, 0.25) is 9.84 Å². The third kappa shape index (κ3) is 4.33. The highest BCUT2D eigenvalue weighted by Gasteiger charge is 2.19. The maximum atomic E-state index is 14.0. The lowest BCUT2D eigenvalue weighted by atomic mass is 10.2. The van der Waals surface area contributed by atoms with Gasteiger partial charge in [-0.1, -0.05) is 12.1 Å². The number of furan rings is 1.